The molecule has 0 radical (unpaired) electrons. The van der Waals surface area contributed by atoms with Crippen LogP contribution < -0.4 is 5.32 Å². The predicted molar refractivity (Wildman–Crippen MR) is 89.2 cm³/mol. The van der Waals surface area contributed by atoms with E-state index in [1.54, 1.807) is 12.3 Å². The Kier molecular flexibility index (Phi) is 4.29. The lowest BCUT2D eigenvalue weighted by Gasteiger charge is -2.20. The van der Waals surface area contributed by atoms with Crippen molar-refractivity contribution in [1.29, 1.82) is 0 Å². The van der Waals surface area contributed by atoms with Crippen LogP contribution in [0.2, 0.25) is 0 Å². The number of rotatable bonds is 5. The van der Waals surface area contributed by atoms with Crippen molar-refractivity contribution in [3.05, 3.63) is 100 Å². The summed E-state index contributed by atoms with van der Waals surface area (Å²) in [5, 5.41) is 14.4. The monoisotopic (exact) mass is 305 g/mol. The highest BCUT2D eigenvalue weighted by atomic mass is 16.6. The Morgan fingerprint density at radius 1 is 0.870 bits per heavy atom. The van der Waals surface area contributed by atoms with Gasteiger partial charge < -0.3 is 5.32 Å². The van der Waals surface area contributed by atoms with Gasteiger partial charge >= 0.3 is 5.69 Å². The van der Waals surface area contributed by atoms with Crippen LogP contribution in [0.15, 0.2) is 79.0 Å². The maximum absolute atomic E-state index is 11.2. The van der Waals surface area contributed by atoms with Gasteiger partial charge in [-0.1, -0.05) is 60.7 Å². The van der Waals surface area contributed by atoms with Gasteiger partial charge in [0.2, 0.25) is 5.82 Å². The smallest absolute Gasteiger partial charge is 0.311 e. The molecule has 0 fully saturated rings. The first-order valence-electron chi connectivity index (χ1n) is 7.21. The average molecular weight is 305 g/mol. The molecule has 0 bridgehead atoms. The minimum Gasteiger partial charge on any atom is -0.353 e. The zero-order valence-electron chi connectivity index (χ0n) is 12.3. The van der Waals surface area contributed by atoms with Gasteiger partial charge in [-0.25, -0.2) is 4.98 Å². The molecule has 0 unspecified atom stereocenters. The van der Waals surface area contributed by atoms with Gasteiger partial charge in [-0.15, -0.1) is 0 Å². The minimum absolute atomic E-state index is 0.0376. The molecule has 0 aliphatic carbocycles. The highest BCUT2D eigenvalue weighted by Crippen LogP contribution is 2.29. The SMILES string of the molecule is O=[N+]([O-])c1cccnc1NC(c1ccccc1)c1ccccc1. The molecule has 1 aromatic heterocycles. The molecule has 114 valence electrons. The highest BCUT2D eigenvalue weighted by molar-refractivity contribution is 5.57. The van der Waals surface area contributed by atoms with Crippen LogP contribution in [-0.2, 0) is 0 Å². The first-order chi connectivity index (χ1) is 11.3. The van der Waals surface area contributed by atoms with Gasteiger partial charge in [0.05, 0.1) is 11.0 Å². The fraction of sp³-hybridized carbons (Fsp3) is 0.0556. The summed E-state index contributed by atoms with van der Waals surface area (Å²) in [6, 6.07) is 22.4. The topological polar surface area (TPSA) is 68.1 Å². The fourth-order valence-electron chi connectivity index (χ4n) is 2.44. The maximum atomic E-state index is 11.2. The molecule has 0 saturated carbocycles. The molecule has 3 aromatic rings. The van der Waals surface area contributed by atoms with E-state index in [0.717, 1.165) is 11.1 Å². The van der Waals surface area contributed by atoms with Crippen molar-refractivity contribution in [2.75, 3.05) is 5.32 Å². The van der Waals surface area contributed by atoms with Crippen LogP contribution >= 0.6 is 0 Å². The molecule has 23 heavy (non-hydrogen) atoms. The molecule has 0 saturated heterocycles. The molecular weight excluding hydrogens is 290 g/mol. The molecule has 1 heterocycles. The fourth-order valence-corrected chi connectivity index (χ4v) is 2.44. The zero-order chi connectivity index (χ0) is 16.1. The number of hydrogen-bond donors (Lipinski definition) is 1. The minimum atomic E-state index is -0.428. The van der Waals surface area contributed by atoms with Crippen molar-refractivity contribution in [2.45, 2.75) is 6.04 Å². The first-order valence-corrected chi connectivity index (χ1v) is 7.21. The average Bonchev–Trinajstić information content (AvgIpc) is 2.61. The Morgan fingerprint density at radius 2 is 1.43 bits per heavy atom. The molecule has 0 aliphatic heterocycles. The van der Waals surface area contributed by atoms with Gasteiger partial charge in [0.25, 0.3) is 0 Å². The lowest BCUT2D eigenvalue weighted by Crippen LogP contribution is -2.14. The zero-order valence-corrected chi connectivity index (χ0v) is 12.3. The molecule has 1 N–H and O–H groups in total. The van der Waals surface area contributed by atoms with Crippen molar-refractivity contribution in [3.63, 3.8) is 0 Å². The van der Waals surface area contributed by atoms with Crippen LogP contribution in [0.25, 0.3) is 0 Å². The molecule has 0 amide bonds. The number of nitro groups is 1. The Balaban J connectivity index is 2.02. The Labute approximate surface area is 133 Å². The van der Waals surface area contributed by atoms with Crippen LogP contribution in [-0.4, -0.2) is 9.91 Å². The van der Waals surface area contributed by atoms with Gasteiger partial charge in [-0.3, -0.25) is 10.1 Å². The number of anilines is 1. The quantitative estimate of drug-likeness (QED) is 0.567. The van der Waals surface area contributed by atoms with Crippen molar-refractivity contribution < 1.29 is 4.92 Å². The maximum Gasteiger partial charge on any atom is 0.311 e. The van der Waals surface area contributed by atoms with E-state index in [9.17, 15) is 10.1 Å². The van der Waals surface area contributed by atoms with Crippen molar-refractivity contribution in [2.24, 2.45) is 0 Å². The summed E-state index contributed by atoms with van der Waals surface area (Å²) < 4.78 is 0. The molecule has 2 aromatic carbocycles. The van der Waals surface area contributed by atoms with Crippen molar-refractivity contribution in [3.8, 4) is 0 Å². The normalized spacial score (nSPS) is 10.5. The third-order valence-electron chi connectivity index (χ3n) is 3.53. The van der Waals surface area contributed by atoms with E-state index in [1.165, 1.54) is 6.07 Å². The van der Waals surface area contributed by atoms with Gasteiger partial charge in [0.1, 0.15) is 0 Å². The van der Waals surface area contributed by atoms with Crippen molar-refractivity contribution in [1.82, 2.24) is 4.98 Å². The lowest BCUT2D eigenvalue weighted by atomic mass is 9.99. The second kappa shape index (κ2) is 6.70. The number of hydrogen-bond acceptors (Lipinski definition) is 4. The summed E-state index contributed by atoms with van der Waals surface area (Å²) in [7, 11) is 0. The van der Waals surface area contributed by atoms with E-state index >= 15 is 0 Å². The molecule has 0 atom stereocenters. The predicted octanol–water partition coefficient (Wildman–Crippen LogP) is 4.19. The summed E-state index contributed by atoms with van der Waals surface area (Å²) in [6.45, 7) is 0. The van der Waals surface area contributed by atoms with Gasteiger partial charge in [-0.05, 0) is 17.2 Å². The van der Waals surface area contributed by atoms with Crippen LogP contribution in [0.5, 0.6) is 0 Å². The van der Waals surface area contributed by atoms with Gasteiger partial charge in [-0.2, -0.15) is 0 Å². The Morgan fingerprint density at radius 3 is 1.96 bits per heavy atom. The van der Waals surface area contributed by atoms with Crippen LogP contribution in [0.3, 0.4) is 0 Å². The highest BCUT2D eigenvalue weighted by Gasteiger charge is 2.20. The summed E-state index contributed by atoms with van der Waals surface area (Å²) in [5.41, 5.74) is 1.99. The van der Waals surface area contributed by atoms with E-state index in [-0.39, 0.29) is 17.5 Å². The largest absolute Gasteiger partial charge is 0.353 e. The molecule has 3 rings (SSSR count). The van der Waals surface area contributed by atoms with Crippen LogP contribution in [0.4, 0.5) is 11.5 Å². The number of nitrogens with one attached hydrogen (secondary N) is 1. The Hall–Kier alpha value is -3.21. The molecular formula is C18H15N3O2. The summed E-state index contributed by atoms with van der Waals surface area (Å²) in [4.78, 5) is 14.9. The van der Waals surface area contributed by atoms with Crippen LogP contribution in [0, 0.1) is 10.1 Å². The number of nitrogens with zero attached hydrogens (tertiary/aromatic N) is 2. The second-order valence-electron chi connectivity index (χ2n) is 5.03. The van der Waals surface area contributed by atoms with Gasteiger partial charge in [0, 0.05) is 12.3 Å². The second-order valence-corrected chi connectivity index (χ2v) is 5.03. The van der Waals surface area contributed by atoms with Gasteiger partial charge in [0.15, 0.2) is 0 Å². The number of pyridine rings is 1. The molecule has 0 spiro atoms. The number of aromatic nitrogens is 1. The first kappa shape index (κ1) is 14.7. The Bertz CT molecular complexity index is 752. The van der Waals surface area contributed by atoms with E-state index in [2.05, 4.69) is 10.3 Å². The standard InChI is InChI=1S/C18H15N3O2/c22-21(23)16-12-7-13-19-18(16)20-17(14-8-3-1-4-9-14)15-10-5-2-6-11-15/h1-13,17H,(H,19,20). The third-order valence-corrected chi connectivity index (χ3v) is 3.53. The van der Waals surface area contributed by atoms with Crippen molar-refractivity contribution >= 4 is 11.5 Å². The third kappa shape index (κ3) is 3.35. The van der Waals surface area contributed by atoms with E-state index in [1.807, 2.05) is 60.7 Å². The summed E-state index contributed by atoms with van der Waals surface area (Å²) in [5.74, 6) is 0.259. The number of benzene rings is 2. The van der Waals surface area contributed by atoms with E-state index in [0.29, 0.717) is 0 Å². The lowest BCUT2D eigenvalue weighted by molar-refractivity contribution is -0.384. The molecule has 5 nitrogen and oxygen atoms in total. The molecule has 5 heteroatoms. The van der Waals surface area contributed by atoms with E-state index in [4.69, 9.17) is 0 Å². The molecule has 0 aliphatic rings. The summed E-state index contributed by atoms with van der Waals surface area (Å²) >= 11 is 0. The van der Waals surface area contributed by atoms with E-state index < -0.39 is 4.92 Å². The summed E-state index contributed by atoms with van der Waals surface area (Å²) in [6.07, 6.45) is 1.54. The van der Waals surface area contributed by atoms with Crippen LogP contribution in [0.1, 0.15) is 17.2 Å².